The number of piperidine rings is 1. The van der Waals surface area contributed by atoms with Gasteiger partial charge in [-0.2, -0.15) is 0 Å². The Hall–Kier alpha value is -2.65. The third-order valence-corrected chi connectivity index (χ3v) is 9.85. The highest BCUT2D eigenvalue weighted by atomic mass is 35.5. The summed E-state index contributed by atoms with van der Waals surface area (Å²) in [5.74, 6) is 1.25. The van der Waals surface area contributed by atoms with Crippen molar-refractivity contribution in [3.05, 3.63) is 47.0 Å². The van der Waals surface area contributed by atoms with Gasteiger partial charge in [0.1, 0.15) is 29.9 Å². The zero-order valence-corrected chi connectivity index (χ0v) is 26.6. The SMILES string of the molecule is O=C(Cc1ccc(OCCCC2CCN(c3ncc(Cl)cn3)CC2)cc1F)N1C[C@@H]2CCN(C[C@H](O)[C@@H](O)[C@H](O)[C@H](O)CO)[C@@H]2C1. The standard InChI is InChI=1S/C32H45ClFN5O7/c33-23-14-35-32(36-15-23)37-8-5-20(6-9-37)2-1-11-46-24-4-3-21(25(34)13-24)12-29(43)39-16-22-7-10-38(26(22)17-39)18-27(41)30(44)31(45)28(42)19-40/h3-4,13-15,20,22,26-28,30-31,40-42,44-45H,1-2,5-12,16-19H2/t22-,26+,27-,28+,30+,31+/m0/s1. The number of hydrogen-bond acceptors (Lipinski definition) is 11. The number of benzene rings is 1. The Bertz CT molecular complexity index is 1290. The topological polar surface area (TPSA) is 163 Å². The Morgan fingerprint density at radius 1 is 1.02 bits per heavy atom. The average molecular weight is 666 g/mol. The van der Waals surface area contributed by atoms with E-state index in [0.29, 0.717) is 54.4 Å². The molecule has 4 heterocycles. The molecule has 254 valence electrons. The van der Waals surface area contributed by atoms with E-state index >= 15 is 0 Å². The van der Waals surface area contributed by atoms with Crippen LogP contribution < -0.4 is 9.64 Å². The minimum absolute atomic E-state index is 0.0311. The summed E-state index contributed by atoms with van der Waals surface area (Å²) in [7, 11) is 0. The van der Waals surface area contributed by atoms with E-state index in [1.165, 1.54) is 6.07 Å². The van der Waals surface area contributed by atoms with Gasteiger partial charge in [-0.1, -0.05) is 17.7 Å². The molecule has 3 aliphatic rings. The lowest BCUT2D eigenvalue weighted by Gasteiger charge is -2.31. The fraction of sp³-hybridized carbons (Fsp3) is 0.656. The second-order valence-corrected chi connectivity index (χ2v) is 13.2. The quantitative estimate of drug-likeness (QED) is 0.182. The zero-order valence-electron chi connectivity index (χ0n) is 25.9. The summed E-state index contributed by atoms with van der Waals surface area (Å²) >= 11 is 5.88. The number of aliphatic hydroxyl groups is 5. The molecule has 3 fully saturated rings. The smallest absolute Gasteiger partial charge is 0.227 e. The van der Waals surface area contributed by atoms with E-state index in [0.717, 1.165) is 45.2 Å². The summed E-state index contributed by atoms with van der Waals surface area (Å²) in [6.07, 6.45) is 1.72. The van der Waals surface area contributed by atoms with E-state index in [4.69, 9.17) is 21.4 Å². The third kappa shape index (κ3) is 8.62. The van der Waals surface area contributed by atoms with Gasteiger partial charge in [0.15, 0.2) is 0 Å². The monoisotopic (exact) mass is 665 g/mol. The number of nitrogens with zero attached hydrogens (tertiary/aromatic N) is 5. The molecular weight excluding hydrogens is 621 g/mol. The molecule has 46 heavy (non-hydrogen) atoms. The third-order valence-electron chi connectivity index (χ3n) is 9.66. The van der Waals surface area contributed by atoms with E-state index in [9.17, 15) is 29.6 Å². The Morgan fingerprint density at radius 3 is 2.43 bits per heavy atom. The number of rotatable bonds is 14. The first-order chi connectivity index (χ1) is 22.1. The Morgan fingerprint density at radius 2 is 1.74 bits per heavy atom. The number of likely N-dealkylation sites (tertiary alicyclic amines) is 2. The van der Waals surface area contributed by atoms with Crippen LogP contribution in [-0.2, 0) is 11.2 Å². The predicted molar refractivity (Wildman–Crippen MR) is 168 cm³/mol. The number of aromatic nitrogens is 2. The number of anilines is 1. The molecule has 0 spiro atoms. The van der Waals surface area contributed by atoms with Crippen LogP contribution in [0.25, 0.3) is 0 Å². The lowest BCUT2D eigenvalue weighted by molar-refractivity contribution is -0.130. The maximum Gasteiger partial charge on any atom is 0.227 e. The highest BCUT2D eigenvalue weighted by molar-refractivity contribution is 6.30. The van der Waals surface area contributed by atoms with Crippen LogP contribution in [0, 0.1) is 17.7 Å². The van der Waals surface area contributed by atoms with Gasteiger partial charge in [-0.3, -0.25) is 9.69 Å². The molecule has 6 atom stereocenters. The summed E-state index contributed by atoms with van der Waals surface area (Å²) in [5, 5.41) is 49.6. The fourth-order valence-electron chi connectivity index (χ4n) is 6.88. The molecule has 14 heteroatoms. The molecule has 5 rings (SSSR count). The van der Waals surface area contributed by atoms with Crippen LogP contribution in [0.1, 0.15) is 37.7 Å². The van der Waals surface area contributed by atoms with E-state index in [2.05, 4.69) is 14.9 Å². The van der Waals surface area contributed by atoms with Crippen LogP contribution in [0.15, 0.2) is 30.6 Å². The highest BCUT2D eigenvalue weighted by Gasteiger charge is 2.44. The first-order valence-corrected chi connectivity index (χ1v) is 16.5. The minimum Gasteiger partial charge on any atom is -0.493 e. The number of carbonyl (C=O) groups excluding carboxylic acids is 1. The maximum atomic E-state index is 15.0. The van der Waals surface area contributed by atoms with Crippen LogP contribution in [0.4, 0.5) is 10.3 Å². The first-order valence-electron chi connectivity index (χ1n) is 16.1. The number of aliphatic hydroxyl groups excluding tert-OH is 5. The molecule has 3 aliphatic heterocycles. The molecule has 0 unspecified atom stereocenters. The van der Waals surface area contributed by atoms with Gasteiger partial charge in [0.25, 0.3) is 0 Å². The molecule has 0 saturated carbocycles. The van der Waals surface area contributed by atoms with Gasteiger partial charge < -0.3 is 40.1 Å². The van der Waals surface area contributed by atoms with Crippen molar-refractivity contribution in [2.24, 2.45) is 11.8 Å². The maximum absolute atomic E-state index is 15.0. The van der Waals surface area contributed by atoms with Gasteiger partial charge in [-0.15, -0.1) is 0 Å². The zero-order chi connectivity index (χ0) is 32.8. The highest BCUT2D eigenvalue weighted by Crippen LogP contribution is 2.32. The van der Waals surface area contributed by atoms with Crippen molar-refractivity contribution in [1.29, 1.82) is 0 Å². The van der Waals surface area contributed by atoms with Gasteiger partial charge in [0.05, 0.1) is 43.2 Å². The molecule has 0 radical (unpaired) electrons. The van der Waals surface area contributed by atoms with E-state index in [1.54, 1.807) is 29.4 Å². The second-order valence-electron chi connectivity index (χ2n) is 12.8. The lowest BCUT2D eigenvalue weighted by atomic mass is 9.92. The molecule has 1 amide bonds. The Balaban J connectivity index is 1.02. The summed E-state index contributed by atoms with van der Waals surface area (Å²) in [6, 6.07) is 4.61. The lowest BCUT2D eigenvalue weighted by Crippen LogP contribution is -2.51. The Labute approximate surface area is 273 Å². The molecule has 3 saturated heterocycles. The van der Waals surface area contributed by atoms with Crippen molar-refractivity contribution in [3.63, 3.8) is 0 Å². The fourth-order valence-corrected chi connectivity index (χ4v) is 6.98. The van der Waals surface area contributed by atoms with Crippen LogP contribution in [-0.4, -0.2) is 134 Å². The molecule has 1 aromatic carbocycles. The van der Waals surface area contributed by atoms with Gasteiger partial charge in [-0.05, 0) is 62.1 Å². The first kappa shape index (κ1) is 34.7. The van der Waals surface area contributed by atoms with E-state index < -0.39 is 36.8 Å². The summed E-state index contributed by atoms with van der Waals surface area (Å²) in [5.41, 5.74) is 0.303. The van der Waals surface area contributed by atoms with Crippen molar-refractivity contribution < 1.29 is 39.5 Å². The van der Waals surface area contributed by atoms with Crippen LogP contribution in [0.3, 0.4) is 0 Å². The number of halogens is 2. The van der Waals surface area contributed by atoms with E-state index in [-0.39, 0.29) is 30.8 Å². The number of hydrogen-bond donors (Lipinski definition) is 5. The summed E-state index contributed by atoms with van der Waals surface area (Å²) < 4.78 is 20.8. The van der Waals surface area contributed by atoms with Crippen LogP contribution in [0.2, 0.25) is 5.02 Å². The number of amides is 1. The molecule has 12 nitrogen and oxygen atoms in total. The van der Waals surface area contributed by atoms with Crippen molar-refractivity contribution in [1.82, 2.24) is 19.8 Å². The number of β-amino-alcohol motifs (C(OH)–C–C–N with tert-alkyl or cyclic N) is 1. The second kappa shape index (κ2) is 16.0. The summed E-state index contributed by atoms with van der Waals surface area (Å²) in [6.45, 7) is 3.20. The number of ether oxygens (including phenoxy) is 1. The van der Waals surface area contributed by atoms with Gasteiger partial charge in [-0.25, -0.2) is 14.4 Å². The van der Waals surface area contributed by atoms with Crippen molar-refractivity contribution in [2.45, 2.75) is 69.0 Å². The van der Waals surface area contributed by atoms with Gasteiger partial charge >= 0.3 is 0 Å². The molecule has 5 N–H and O–H groups in total. The van der Waals surface area contributed by atoms with Gasteiger partial charge in [0, 0.05) is 44.8 Å². The average Bonchev–Trinajstić information content (AvgIpc) is 3.66. The van der Waals surface area contributed by atoms with Gasteiger partial charge in [0.2, 0.25) is 11.9 Å². The molecule has 0 bridgehead atoms. The normalized spacial score (nSPS) is 23.3. The van der Waals surface area contributed by atoms with Crippen molar-refractivity contribution in [2.75, 3.05) is 57.4 Å². The van der Waals surface area contributed by atoms with E-state index in [1.807, 2.05) is 4.90 Å². The molecule has 1 aromatic heterocycles. The van der Waals surface area contributed by atoms with Crippen molar-refractivity contribution in [3.8, 4) is 5.75 Å². The number of carbonyl (C=O) groups is 1. The van der Waals surface area contributed by atoms with Crippen LogP contribution >= 0.6 is 11.6 Å². The number of fused-ring (bicyclic) bond motifs is 1. The molecule has 0 aliphatic carbocycles. The van der Waals surface area contributed by atoms with Crippen molar-refractivity contribution >= 4 is 23.5 Å². The summed E-state index contributed by atoms with van der Waals surface area (Å²) in [4.78, 5) is 27.6. The molecule has 2 aromatic rings. The largest absolute Gasteiger partial charge is 0.493 e. The minimum atomic E-state index is -1.68. The molecular formula is C32H45ClFN5O7. The van der Waals surface area contributed by atoms with Crippen LogP contribution in [0.5, 0.6) is 5.75 Å². The Kier molecular flexibility index (Phi) is 12.0. The predicted octanol–water partition coefficient (Wildman–Crippen LogP) is 0.856.